The third-order valence-electron chi connectivity index (χ3n) is 2.06. The Balaban J connectivity index is 3.59. The van der Waals surface area contributed by atoms with Gasteiger partial charge in [-0.05, 0) is 13.3 Å². The first-order valence-electron chi connectivity index (χ1n) is 5.53. The maximum atomic E-state index is 11.3. The van der Waals surface area contributed by atoms with Crippen molar-refractivity contribution in [3.8, 4) is 0 Å². The van der Waals surface area contributed by atoms with Gasteiger partial charge in [0.2, 0.25) is 5.91 Å². The Morgan fingerprint density at radius 2 is 2.00 bits per heavy atom. The first kappa shape index (κ1) is 15.4. The largest absolute Gasteiger partial charge is 0.353 e. The molecule has 0 heterocycles. The maximum Gasteiger partial charge on any atom is 0.234 e. The number of nitrogens with one attached hydrogen (secondary N) is 2. The summed E-state index contributed by atoms with van der Waals surface area (Å²) in [5.74, 6) is -0.0282. The molecule has 2 N–H and O–H groups in total. The third kappa shape index (κ3) is 9.92. The van der Waals surface area contributed by atoms with Gasteiger partial charge in [0, 0.05) is 18.8 Å². The van der Waals surface area contributed by atoms with Gasteiger partial charge in [-0.15, -0.1) is 0 Å². The van der Waals surface area contributed by atoms with Gasteiger partial charge in [-0.25, -0.2) is 8.42 Å². The molecule has 1 amide bonds. The molecule has 0 aliphatic carbocycles. The number of carbonyl (C=O) groups excluding carboxylic acids is 1. The summed E-state index contributed by atoms with van der Waals surface area (Å²) in [6, 6.07) is 0.175. The highest BCUT2D eigenvalue weighted by Gasteiger charge is 2.06. The summed E-state index contributed by atoms with van der Waals surface area (Å²) >= 11 is 0. The first-order chi connectivity index (χ1) is 7.35. The molecule has 0 aromatic heterocycles. The van der Waals surface area contributed by atoms with Gasteiger partial charge in [0.1, 0.15) is 9.84 Å². The summed E-state index contributed by atoms with van der Waals surface area (Å²) in [5, 5.41) is 5.63. The molecule has 96 valence electrons. The number of hydrogen-bond donors (Lipinski definition) is 2. The van der Waals surface area contributed by atoms with Crippen LogP contribution in [0.5, 0.6) is 0 Å². The summed E-state index contributed by atoms with van der Waals surface area (Å²) in [5.41, 5.74) is 0. The van der Waals surface area contributed by atoms with E-state index in [1.165, 1.54) is 6.26 Å². The quantitative estimate of drug-likeness (QED) is 0.591. The molecule has 1 unspecified atom stereocenters. The van der Waals surface area contributed by atoms with E-state index < -0.39 is 9.84 Å². The monoisotopic (exact) mass is 250 g/mol. The lowest BCUT2D eigenvalue weighted by Gasteiger charge is -2.12. The third-order valence-corrected chi connectivity index (χ3v) is 3.01. The summed E-state index contributed by atoms with van der Waals surface area (Å²) in [6.07, 6.45) is 3.16. The van der Waals surface area contributed by atoms with Crippen LogP contribution in [-0.4, -0.2) is 45.5 Å². The lowest BCUT2D eigenvalue weighted by molar-refractivity contribution is -0.120. The minimum absolute atomic E-state index is 0.0603. The van der Waals surface area contributed by atoms with E-state index in [-0.39, 0.29) is 24.2 Å². The molecule has 0 radical (unpaired) electrons. The molecule has 0 rings (SSSR count). The highest BCUT2D eigenvalue weighted by Crippen LogP contribution is 1.93. The Kier molecular flexibility index (Phi) is 7.33. The second kappa shape index (κ2) is 7.62. The van der Waals surface area contributed by atoms with Crippen LogP contribution in [-0.2, 0) is 14.6 Å². The molecule has 16 heavy (non-hydrogen) atoms. The van der Waals surface area contributed by atoms with Gasteiger partial charge in [-0.1, -0.05) is 13.3 Å². The molecule has 0 fully saturated rings. The Bertz CT molecular complexity index is 301. The van der Waals surface area contributed by atoms with Crippen molar-refractivity contribution in [3.05, 3.63) is 0 Å². The SMILES string of the molecule is CCCC(C)NC(=O)CNCCS(C)(=O)=O. The lowest BCUT2D eigenvalue weighted by Crippen LogP contribution is -2.40. The van der Waals surface area contributed by atoms with Crippen LogP contribution >= 0.6 is 0 Å². The molecule has 5 nitrogen and oxygen atoms in total. The second-order valence-corrected chi connectivity index (χ2v) is 6.32. The highest BCUT2D eigenvalue weighted by atomic mass is 32.2. The highest BCUT2D eigenvalue weighted by molar-refractivity contribution is 7.90. The van der Waals surface area contributed by atoms with Crippen LogP contribution in [0, 0.1) is 0 Å². The number of rotatable bonds is 8. The molecule has 0 aromatic carbocycles. The van der Waals surface area contributed by atoms with Gasteiger partial charge in [0.25, 0.3) is 0 Å². The van der Waals surface area contributed by atoms with Crippen molar-refractivity contribution in [1.29, 1.82) is 0 Å². The van der Waals surface area contributed by atoms with Crippen LogP contribution in [0.4, 0.5) is 0 Å². The number of amides is 1. The van der Waals surface area contributed by atoms with E-state index in [2.05, 4.69) is 17.6 Å². The van der Waals surface area contributed by atoms with Gasteiger partial charge in [-0.2, -0.15) is 0 Å². The lowest BCUT2D eigenvalue weighted by atomic mass is 10.2. The van der Waals surface area contributed by atoms with Crippen LogP contribution in [0.15, 0.2) is 0 Å². The molecule has 0 bridgehead atoms. The summed E-state index contributed by atoms with van der Waals surface area (Å²) in [4.78, 5) is 11.3. The smallest absolute Gasteiger partial charge is 0.234 e. The van der Waals surface area contributed by atoms with Crippen molar-refractivity contribution in [1.82, 2.24) is 10.6 Å². The predicted molar refractivity (Wildman–Crippen MR) is 65.1 cm³/mol. The first-order valence-corrected chi connectivity index (χ1v) is 7.59. The predicted octanol–water partition coefficient (Wildman–Crippen LogP) is -0.0746. The number of carbonyl (C=O) groups is 1. The average Bonchev–Trinajstić information content (AvgIpc) is 2.11. The van der Waals surface area contributed by atoms with Gasteiger partial charge in [-0.3, -0.25) is 4.79 Å². The molecular weight excluding hydrogens is 228 g/mol. The van der Waals surface area contributed by atoms with Crippen molar-refractivity contribution >= 4 is 15.7 Å². The zero-order chi connectivity index (χ0) is 12.6. The molecule has 0 aliphatic heterocycles. The van der Waals surface area contributed by atoms with Crippen molar-refractivity contribution in [2.45, 2.75) is 32.7 Å². The van der Waals surface area contributed by atoms with Crippen molar-refractivity contribution in [2.75, 3.05) is 25.1 Å². The Hall–Kier alpha value is -0.620. The Morgan fingerprint density at radius 3 is 2.50 bits per heavy atom. The zero-order valence-corrected chi connectivity index (χ0v) is 11.1. The van der Waals surface area contributed by atoms with Crippen LogP contribution in [0.2, 0.25) is 0 Å². The normalized spacial score (nSPS) is 13.4. The molecular formula is C10H22N2O3S. The number of sulfone groups is 1. The average molecular weight is 250 g/mol. The van der Waals surface area contributed by atoms with E-state index in [1.807, 2.05) is 6.92 Å². The molecule has 1 atom stereocenters. The van der Waals surface area contributed by atoms with Crippen LogP contribution < -0.4 is 10.6 Å². The van der Waals surface area contributed by atoms with E-state index in [0.717, 1.165) is 12.8 Å². The fourth-order valence-electron chi connectivity index (χ4n) is 1.29. The van der Waals surface area contributed by atoms with Crippen LogP contribution in [0.3, 0.4) is 0 Å². The minimum Gasteiger partial charge on any atom is -0.353 e. The Labute approximate surface area is 97.9 Å². The molecule has 0 aliphatic rings. The summed E-state index contributed by atoms with van der Waals surface area (Å²) < 4.78 is 21.6. The van der Waals surface area contributed by atoms with Gasteiger partial charge in [0.05, 0.1) is 12.3 Å². The maximum absolute atomic E-state index is 11.3. The van der Waals surface area contributed by atoms with Crippen LogP contribution in [0.1, 0.15) is 26.7 Å². The molecule has 0 saturated heterocycles. The van der Waals surface area contributed by atoms with E-state index in [4.69, 9.17) is 0 Å². The second-order valence-electron chi connectivity index (χ2n) is 4.06. The number of hydrogen-bond acceptors (Lipinski definition) is 4. The van der Waals surface area contributed by atoms with Crippen LogP contribution in [0.25, 0.3) is 0 Å². The molecule has 6 heteroatoms. The topological polar surface area (TPSA) is 75.3 Å². The zero-order valence-electron chi connectivity index (χ0n) is 10.2. The fraction of sp³-hybridized carbons (Fsp3) is 0.900. The standard InChI is InChI=1S/C10H22N2O3S/c1-4-5-9(2)12-10(13)8-11-6-7-16(3,14)15/h9,11H,4-8H2,1-3H3,(H,12,13). The van der Waals surface area contributed by atoms with E-state index in [9.17, 15) is 13.2 Å². The van der Waals surface area contributed by atoms with Crippen molar-refractivity contribution in [3.63, 3.8) is 0 Å². The van der Waals surface area contributed by atoms with E-state index in [0.29, 0.717) is 6.54 Å². The van der Waals surface area contributed by atoms with Gasteiger partial charge < -0.3 is 10.6 Å². The molecule has 0 aromatic rings. The summed E-state index contributed by atoms with van der Waals surface area (Å²) in [7, 11) is -2.95. The molecule has 0 spiro atoms. The molecule has 0 saturated carbocycles. The fourth-order valence-corrected chi connectivity index (χ4v) is 1.81. The van der Waals surface area contributed by atoms with E-state index >= 15 is 0 Å². The van der Waals surface area contributed by atoms with Crippen molar-refractivity contribution < 1.29 is 13.2 Å². The summed E-state index contributed by atoms with van der Waals surface area (Å²) in [6.45, 7) is 4.50. The van der Waals surface area contributed by atoms with Gasteiger partial charge in [0.15, 0.2) is 0 Å². The minimum atomic E-state index is -2.95. The Morgan fingerprint density at radius 1 is 1.38 bits per heavy atom. The van der Waals surface area contributed by atoms with Crippen molar-refractivity contribution in [2.24, 2.45) is 0 Å². The van der Waals surface area contributed by atoms with E-state index in [1.54, 1.807) is 0 Å². The van der Waals surface area contributed by atoms with Gasteiger partial charge >= 0.3 is 0 Å².